The van der Waals surface area contributed by atoms with Crippen molar-refractivity contribution in [3.63, 3.8) is 0 Å². The van der Waals surface area contributed by atoms with Crippen LogP contribution in [0.1, 0.15) is 43.4 Å². The Bertz CT molecular complexity index is 763. The Morgan fingerprint density at radius 3 is 2.84 bits per heavy atom. The van der Waals surface area contributed by atoms with Crippen molar-refractivity contribution >= 4 is 34.5 Å². The molecule has 0 unspecified atom stereocenters. The zero-order valence-corrected chi connectivity index (χ0v) is 16.0. The normalized spacial score (nSPS) is 13.4. The van der Waals surface area contributed by atoms with E-state index in [1.54, 1.807) is 11.3 Å². The van der Waals surface area contributed by atoms with Crippen LogP contribution < -0.4 is 5.32 Å². The highest BCUT2D eigenvalue weighted by Crippen LogP contribution is 2.21. The Balaban J connectivity index is 0.00000225. The Kier molecular flexibility index (Phi) is 7.85. The molecule has 0 radical (unpaired) electrons. The van der Waals surface area contributed by atoms with E-state index in [-0.39, 0.29) is 18.5 Å². The number of thiophene rings is 1. The average molecular weight is 377 g/mol. The molecule has 3 nitrogen and oxygen atoms in total. The molecule has 0 spiro atoms. The number of hydrogen-bond acceptors (Lipinski definition) is 4. The summed E-state index contributed by atoms with van der Waals surface area (Å²) < 4.78 is 0. The van der Waals surface area contributed by atoms with Crippen LogP contribution in [0.5, 0.6) is 0 Å². The third kappa shape index (κ3) is 5.79. The van der Waals surface area contributed by atoms with Crippen LogP contribution in [-0.4, -0.2) is 16.1 Å². The summed E-state index contributed by atoms with van der Waals surface area (Å²) in [6.45, 7) is 3.08. The van der Waals surface area contributed by atoms with Gasteiger partial charge < -0.3 is 10.4 Å². The van der Waals surface area contributed by atoms with Gasteiger partial charge in [0.1, 0.15) is 0 Å². The Morgan fingerprint density at radius 1 is 1.16 bits per heavy atom. The molecule has 2 aromatic heterocycles. The molecule has 3 aromatic rings. The summed E-state index contributed by atoms with van der Waals surface area (Å²) in [5, 5.41) is 20.1. The van der Waals surface area contributed by atoms with Crippen LogP contribution in [-0.2, 0) is 6.54 Å². The molecule has 2 atom stereocenters. The van der Waals surface area contributed by atoms with Crippen LogP contribution in [0.2, 0.25) is 0 Å². The second-order valence-electron chi connectivity index (χ2n) is 6.34. The fourth-order valence-electron chi connectivity index (χ4n) is 2.89. The number of aromatic nitrogens is 1. The van der Waals surface area contributed by atoms with Gasteiger partial charge in [0.15, 0.2) is 0 Å². The molecule has 2 heterocycles. The third-order valence-corrected chi connectivity index (χ3v) is 5.10. The van der Waals surface area contributed by atoms with Crippen LogP contribution in [0.15, 0.2) is 53.5 Å². The molecule has 0 saturated heterocycles. The number of rotatable bonds is 8. The van der Waals surface area contributed by atoms with E-state index >= 15 is 0 Å². The number of benzene rings is 1. The highest BCUT2D eigenvalue weighted by atomic mass is 35.5. The maximum Gasteiger partial charge on any atom is 0.0798 e. The van der Waals surface area contributed by atoms with Crippen molar-refractivity contribution in [1.82, 2.24) is 10.3 Å². The van der Waals surface area contributed by atoms with Crippen molar-refractivity contribution in [3.8, 4) is 0 Å². The van der Waals surface area contributed by atoms with Crippen LogP contribution in [0.3, 0.4) is 0 Å². The predicted octanol–water partition coefficient (Wildman–Crippen LogP) is 5.10. The molecule has 2 N–H and O–H groups in total. The Labute approximate surface area is 159 Å². The van der Waals surface area contributed by atoms with Gasteiger partial charge in [-0.05, 0) is 71.7 Å². The van der Waals surface area contributed by atoms with Crippen molar-refractivity contribution < 1.29 is 5.11 Å². The van der Waals surface area contributed by atoms with E-state index in [0.29, 0.717) is 6.04 Å². The minimum absolute atomic E-state index is 0. The lowest BCUT2D eigenvalue weighted by atomic mass is 10.0. The molecule has 0 amide bonds. The fourth-order valence-corrected chi connectivity index (χ4v) is 3.59. The van der Waals surface area contributed by atoms with Gasteiger partial charge in [0.25, 0.3) is 0 Å². The smallest absolute Gasteiger partial charge is 0.0798 e. The highest BCUT2D eigenvalue weighted by Gasteiger charge is 2.09. The lowest BCUT2D eigenvalue weighted by Crippen LogP contribution is -2.25. The molecule has 0 aliphatic carbocycles. The minimum Gasteiger partial charge on any atom is -0.388 e. The summed E-state index contributed by atoms with van der Waals surface area (Å²) >= 11 is 1.64. The molecule has 134 valence electrons. The lowest BCUT2D eigenvalue weighted by molar-refractivity contribution is 0.163. The number of nitrogens with zero attached hydrogens (tertiary/aromatic N) is 1. The largest absolute Gasteiger partial charge is 0.388 e. The van der Waals surface area contributed by atoms with Gasteiger partial charge in [0.2, 0.25) is 0 Å². The number of pyridine rings is 1. The van der Waals surface area contributed by atoms with E-state index in [0.717, 1.165) is 31.4 Å². The number of fused-ring (bicyclic) bond motifs is 1. The van der Waals surface area contributed by atoms with Crippen molar-refractivity contribution in [1.29, 1.82) is 0 Å². The first-order valence-corrected chi connectivity index (χ1v) is 9.43. The predicted molar refractivity (Wildman–Crippen MR) is 108 cm³/mol. The molecule has 0 fully saturated rings. The van der Waals surface area contributed by atoms with Gasteiger partial charge in [-0.3, -0.25) is 4.98 Å². The molecule has 3 rings (SSSR count). The first-order chi connectivity index (χ1) is 11.7. The summed E-state index contributed by atoms with van der Waals surface area (Å²) in [6.07, 6.45) is 6.33. The summed E-state index contributed by atoms with van der Waals surface area (Å²) in [4.78, 5) is 4.15. The monoisotopic (exact) mass is 376 g/mol. The maximum atomic E-state index is 10.1. The summed E-state index contributed by atoms with van der Waals surface area (Å²) in [5.74, 6) is 0. The van der Waals surface area contributed by atoms with Gasteiger partial charge in [0.05, 0.1) is 6.10 Å². The van der Waals surface area contributed by atoms with Gasteiger partial charge in [-0.1, -0.05) is 12.1 Å². The minimum atomic E-state index is -0.322. The second kappa shape index (κ2) is 9.88. The molecular weight excluding hydrogens is 352 g/mol. The van der Waals surface area contributed by atoms with Crippen molar-refractivity contribution in [2.24, 2.45) is 0 Å². The fraction of sp³-hybridized carbons (Fsp3) is 0.350. The Hall–Kier alpha value is -1.46. The first kappa shape index (κ1) is 19.9. The van der Waals surface area contributed by atoms with E-state index in [1.807, 2.05) is 35.3 Å². The van der Waals surface area contributed by atoms with Crippen molar-refractivity contribution in [2.75, 3.05) is 0 Å². The standard InChI is InChI=1S/C20H24N2OS.ClH/c1-15(3-2-4-20(23)19-8-10-24-14-19)22-12-16-5-6-18-13-21-9-7-17(18)11-16;/h5-11,13-15,20,22-23H,2-4,12H2,1H3;1H/t15-,20+;/m1./s1. The molecule has 25 heavy (non-hydrogen) atoms. The zero-order valence-electron chi connectivity index (χ0n) is 14.4. The number of aliphatic hydroxyl groups excluding tert-OH is 1. The zero-order chi connectivity index (χ0) is 16.8. The van der Waals surface area contributed by atoms with E-state index in [4.69, 9.17) is 0 Å². The van der Waals surface area contributed by atoms with Gasteiger partial charge in [-0.25, -0.2) is 0 Å². The van der Waals surface area contributed by atoms with E-state index in [2.05, 4.69) is 35.4 Å². The lowest BCUT2D eigenvalue weighted by Gasteiger charge is -2.15. The van der Waals surface area contributed by atoms with E-state index < -0.39 is 0 Å². The Morgan fingerprint density at radius 2 is 2.04 bits per heavy atom. The molecule has 1 aromatic carbocycles. The molecule has 0 saturated carbocycles. The van der Waals surface area contributed by atoms with Crippen molar-refractivity contribution in [2.45, 2.75) is 44.9 Å². The van der Waals surface area contributed by atoms with Gasteiger partial charge >= 0.3 is 0 Å². The first-order valence-electron chi connectivity index (χ1n) is 8.48. The van der Waals surface area contributed by atoms with Crippen LogP contribution in [0, 0.1) is 0 Å². The number of hydrogen-bond donors (Lipinski definition) is 2. The molecule has 0 bridgehead atoms. The number of aliphatic hydroxyl groups is 1. The SMILES string of the molecule is C[C@H](CCC[C@H](O)c1ccsc1)NCc1ccc2cnccc2c1.Cl. The van der Waals surface area contributed by atoms with Crippen LogP contribution in [0.4, 0.5) is 0 Å². The molecule has 0 aliphatic rings. The summed E-state index contributed by atoms with van der Waals surface area (Å²) in [6, 6.07) is 11.0. The maximum absolute atomic E-state index is 10.1. The third-order valence-electron chi connectivity index (χ3n) is 4.40. The average Bonchev–Trinajstić information content (AvgIpc) is 3.14. The molecular formula is C20H25ClN2OS. The quantitative estimate of drug-likeness (QED) is 0.574. The van der Waals surface area contributed by atoms with Gasteiger partial charge in [0, 0.05) is 30.4 Å². The topological polar surface area (TPSA) is 45.1 Å². The second-order valence-corrected chi connectivity index (χ2v) is 7.12. The molecule has 0 aliphatic heterocycles. The van der Waals surface area contributed by atoms with E-state index in [1.165, 1.54) is 16.3 Å². The van der Waals surface area contributed by atoms with Gasteiger partial charge in [-0.2, -0.15) is 11.3 Å². The molecule has 5 heteroatoms. The summed E-state index contributed by atoms with van der Waals surface area (Å²) in [5.41, 5.74) is 2.34. The number of halogens is 1. The van der Waals surface area contributed by atoms with Crippen LogP contribution >= 0.6 is 23.7 Å². The number of nitrogens with one attached hydrogen (secondary N) is 1. The highest BCUT2D eigenvalue weighted by molar-refractivity contribution is 7.07. The summed E-state index contributed by atoms with van der Waals surface area (Å²) in [7, 11) is 0. The van der Waals surface area contributed by atoms with E-state index in [9.17, 15) is 5.11 Å². The van der Waals surface area contributed by atoms with Crippen LogP contribution in [0.25, 0.3) is 10.8 Å². The van der Waals surface area contributed by atoms with Crippen molar-refractivity contribution in [3.05, 3.63) is 64.6 Å². The van der Waals surface area contributed by atoms with Gasteiger partial charge in [-0.15, -0.1) is 12.4 Å².